The second kappa shape index (κ2) is 6.78. The van der Waals surface area contributed by atoms with Crippen LogP contribution < -0.4 is 9.47 Å². The summed E-state index contributed by atoms with van der Waals surface area (Å²) in [5.41, 5.74) is -0.522. The molecular weight excluding hydrogens is 312 g/mol. The van der Waals surface area contributed by atoms with Crippen molar-refractivity contribution in [3.05, 3.63) is 47.6 Å². The number of methoxy groups -OCH3 is 2. The highest BCUT2D eigenvalue weighted by Gasteiger charge is 2.44. The van der Waals surface area contributed by atoms with Crippen LogP contribution >= 0.6 is 0 Å². The Kier molecular flexibility index (Phi) is 4.97. The van der Waals surface area contributed by atoms with Crippen LogP contribution in [0.25, 0.3) is 0 Å². The second-order valence-electron chi connectivity index (χ2n) is 5.81. The SMILES string of the molecule is COc1ccc(CC2C(C(=O)O)=CC=CC2(C)C(=O)O)c(OC)c1. The molecule has 1 aromatic carbocycles. The highest BCUT2D eigenvalue weighted by Crippen LogP contribution is 2.41. The molecule has 24 heavy (non-hydrogen) atoms. The normalized spacial score (nSPS) is 22.6. The van der Waals surface area contributed by atoms with E-state index >= 15 is 0 Å². The van der Waals surface area contributed by atoms with E-state index < -0.39 is 23.3 Å². The van der Waals surface area contributed by atoms with Gasteiger partial charge in [0.2, 0.25) is 0 Å². The van der Waals surface area contributed by atoms with Crippen LogP contribution in [-0.2, 0) is 16.0 Å². The number of ether oxygens (including phenoxy) is 2. The average molecular weight is 332 g/mol. The number of allylic oxidation sites excluding steroid dienone is 2. The van der Waals surface area contributed by atoms with Gasteiger partial charge in [-0.1, -0.05) is 24.3 Å². The topological polar surface area (TPSA) is 93.1 Å². The minimum Gasteiger partial charge on any atom is -0.497 e. The summed E-state index contributed by atoms with van der Waals surface area (Å²) < 4.78 is 10.5. The Morgan fingerprint density at radius 3 is 2.46 bits per heavy atom. The third kappa shape index (κ3) is 3.13. The molecule has 0 heterocycles. The molecule has 2 atom stereocenters. The van der Waals surface area contributed by atoms with Gasteiger partial charge < -0.3 is 19.7 Å². The summed E-state index contributed by atoms with van der Waals surface area (Å²) in [4.78, 5) is 23.4. The molecule has 2 unspecified atom stereocenters. The smallest absolute Gasteiger partial charge is 0.331 e. The summed E-state index contributed by atoms with van der Waals surface area (Å²) in [6.45, 7) is 1.53. The van der Waals surface area contributed by atoms with Crippen molar-refractivity contribution in [2.24, 2.45) is 11.3 Å². The van der Waals surface area contributed by atoms with Crippen molar-refractivity contribution in [3.63, 3.8) is 0 Å². The van der Waals surface area contributed by atoms with Crippen LogP contribution in [0.4, 0.5) is 0 Å². The molecule has 6 heteroatoms. The van der Waals surface area contributed by atoms with Gasteiger partial charge in [0.1, 0.15) is 11.5 Å². The molecule has 0 radical (unpaired) electrons. The maximum Gasteiger partial charge on any atom is 0.331 e. The third-order valence-electron chi connectivity index (χ3n) is 4.44. The fourth-order valence-electron chi connectivity index (χ4n) is 2.91. The summed E-state index contributed by atoms with van der Waals surface area (Å²) in [5.74, 6) is -1.78. The van der Waals surface area contributed by atoms with E-state index in [0.29, 0.717) is 11.5 Å². The third-order valence-corrected chi connectivity index (χ3v) is 4.44. The van der Waals surface area contributed by atoms with Crippen LogP contribution in [0.15, 0.2) is 42.0 Å². The molecule has 0 amide bonds. The number of carboxylic acids is 2. The molecule has 1 aliphatic carbocycles. The molecule has 6 nitrogen and oxygen atoms in total. The molecular formula is C18H20O6. The molecule has 2 rings (SSSR count). The van der Waals surface area contributed by atoms with Crippen LogP contribution in [0, 0.1) is 11.3 Å². The number of hydrogen-bond donors (Lipinski definition) is 2. The van der Waals surface area contributed by atoms with Crippen molar-refractivity contribution >= 4 is 11.9 Å². The number of aliphatic carboxylic acids is 2. The van der Waals surface area contributed by atoms with Crippen LogP contribution in [0.2, 0.25) is 0 Å². The second-order valence-corrected chi connectivity index (χ2v) is 5.81. The summed E-state index contributed by atoms with van der Waals surface area (Å²) in [5, 5.41) is 19.1. The lowest BCUT2D eigenvalue weighted by atomic mass is 9.68. The monoisotopic (exact) mass is 332 g/mol. The van der Waals surface area contributed by atoms with E-state index in [0.717, 1.165) is 5.56 Å². The summed E-state index contributed by atoms with van der Waals surface area (Å²) >= 11 is 0. The number of carboxylic acid groups (broad SMARTS) is 2. The molecule has 1 aromatic rings. The minimum atomic E-state index is -1.31. The zero-order valence-electron chi connectivity index (χ0n) is 13.8. The number of carbonyl (C=O) groups is 2. The fourth-order valence-corrected chi connectivity index (χ4v) is 2.91. The molecule has 0 saturated heterocycles. The van der Waals surface area contributed by atoms with E-state index in [-0.39, 0.29) is 12.0 Å². The lowest BCUT2D eigenvalue weighted by Gasteiger charge is -2.34. The van der Waals surface area contributed by atoms with Crippen molar-refractivity contribution in [3.8, 4) is 11.5 Å². The van der Waals surface area contributed by atoms with Crippen molar-refractivity contribution in [1.82, 2.24) is 0 Å². The fraction of sp³-hybridized carbons (Fsp3) is 0.333. The zero-order chi connectivity index (χ0) is 17.9. The van der Waals surface area contributed by atoms with Crippen molar-refractivity contribution < 1.29 is 29.3 Å². The van der Waals surface area contributed by atoms with Gasteiger partial charge in [0.25, 0.3) is 0 Å². The zero-order valence-corrected chi connectivity index (χ0v) is 13.8. The molecule has 0 aliphatic heterocycles. The Balaban J connectivity index is 2.47. The maximum atomic E-state index is 11.8. The molecule has 0 aromatic heterocycles. The Hall–Kier alpha value is -2.76. The maximum absolute atomic E-state index is 11.8. The van der Waals surface area contributed by atoms with E-state index in [2.05, 4.69) is 0 Å². The Labute approximate surface area is 140 Å². The van der Waals surface area contributed by atoms with Crippen LogP contribution in [0.5, 0.6) is 11.5 Å². The number of rotatable bonds is 6. The number of benzene rings is 1. The van der Waals surface area contributed by atoms with Crippen LogP contribution in [0.3, 0.4) is 0 Å². The minimum absolute atomic E-state index is 0.0697. The van der Waals surface area contributed by atoms with Crippen molar-refractivity contribution in [2.75, 3.05) is 14.2 Å². The average Bonchev–Trinajstić information content (AvgIpc) is 2.56. The lowest BCUT2D eigenvalue weighted by molar-refractivity contribution is -0.147. The summed E-state index contributed by atoms with van der Waals surface area (Å²) in [6, 6.07) is 5.19. The molecule has 0 spiro atoms. The van der Waals surface area contributed by atoms with Crippen LogP contribution in [0.1, 0.15) is 12.5 Å². The van der Waals surface area contributed by atoms with Gasteiger partial charge in [0, 0.05) is 17.6 Å². The largest absolute Gasteiger partial charge is 0.497 e. The Morgan fingerprint density at radius 2 is 1.92 bits per heavy atom. The standard InChI is InChI=1S/C18H20O6/c1-18(17(21)22)8-4-5-13(16(19)20)14(18)9-11-6-7-12(23-2)10-15(11)24-3/h4-8,10,14H,9H2,1-3H3,(H,19,20)(H,21,22). The number of hydrogen-bond acceptors (Lipinski definition) is 4. The van der Waals surface area contributed by atoms with E-state index in [4.69, 9.17) is 9.47 Å². The molecule has 0 saturated carbocycles. The van der Waals surface area contributed by atoms with E-state index in [9.17, 15) is 19.8 Å². The van der Waals surface area contributed by atoms with Crippen LogP contribution in [-0.4, -0.2) is 36.4 Å². The van der Waals surface area contributed by atoms with E-state index in [1.807, 2.05) is 0 Å². The van der Waals surface area contributed by atoms with Gasteiger partial charge in [0.15, 0.2) is 0 Å². The lowest BCUT2D eigenvalue weighted by Crippen LogP contribution is -2.39. The predicted molar refractivity (Wildman–Crippen MR) is 87.3 cm³/mol. The van der Waals surface area contributed by atoms with Gasteiger partial charge in [-0.25, -0.2) is 4.79 Å². The first-order valence-electron chi connectivity index (χ1n) is 7.40. The first-order chi connectivity index (χ1) is 11.3. The van der Waals surface area contributed by atoms with Gasteiger partial charge in [-0.2, -0.15) is 0 Å². The van der Waals surface area contributed by atoms with Crippen molar-refractivity contribution in [1.29, 1.82) is 0 Å². The first-order valence-corrected chi connectivity index (χ1v) is 7.40. The Morgan fingerprint density at radius 1 is 1.21 bits per heavy atom. The molecule has 0 fully saturated rings. The van der Waals surface area contributed by atoms with Gasteiger partial charge in [-0.05, 0) is 25.0 Å². The van der Waals surface area contributed by atoms with Crippen molar-refractivity contribution in [2.45, 2.75) is 13.3 Å². The summed E-state index contributed by atoms with van der Waals surface area (Å²) in [7, 11) is 3.04. The van der Waals surface area contributed by atoms with E-state index in [1.165, 1.54) is 39.4 Å². The molecule has 2 N–H and O–H groups in total. The predicted octanol–water partition coefficient (Wildman–Crippen LogP) is 2.53. The van der Waals surface area contributed by atoms with Gasteiger partial charge >= 0.3 is 11.9 Å². The quantitative estimate of drug-likeness (QED) is 0.831. The van der Waals surface area contributed by atoms with Gasteiger partial charge in [-0.15, -0.1) is 0 Å². The van der Waals surface area contributed by atoms with Gasteiger partial charge in [0.05, 0.1) is 19.6 Å². The van der Waals surface area contributed by atoms with E-state index in [1.54, 1.807) is 18.2 Å². The molecule has 128 valence electrons. The molecule has 1 aliphatic rings. The van der Waals surface area contributed by atoms with Gasteiger partial charge in [-0.3, -0.25) is 4.79 Å². The molecule has 0 bridgehead atoms. The highest BCUT2D eigenvalue weighted by atomic mass is 16.5. The first kappa shape index (κ1) is 17.6. The highest BCUT2D eigenvalue weighted by molar-refractivity contribution is 5.91. The Bertz CT molecular complexity index is 718. The summed E-state index contributed by atoms with van der Waals surface area (Å²) in [6.07, 6.45) is 4.69.